The molecule has 1 aliphatic heterocycles. The Labute approximate surface area is 136 Å². The van der Waals surface area contributed by atoms with E-state index >= 15 is 0 Å². The second kappa shape index (κ2) is 7.73. The summed E-state index contributed by atoms with van der Waals surface area (Å²) in [5, 5.41) is 12.2. The molecular weight excluding hydrogens is 288 g/mol. The van der Waals surface area contributed by atoms with Gasteiger partial charge < -0.3 is 10.1 Å². The van der Waals surface area contributed by atoms with Crippen molar-refractivity contribution >= 4 is 5.82 Å². The molecule has 1 aromatic carbocycles. The van der Waals surface area contributed by atoms with Crippen LogP contribution in [0.25, 0.3) is 0 Å². The van der Waals surface area contributed by atoms with Crippen LogP contribution in [0.3, 0.4) is 0 Å². The molecule has 118 valence electrons. The molecule has 5 heteroatoms. The van der Waals surface area contributed by atoms with E-state index in [1.165, 1.54) is 5.56 Å². The fourth-order valence-corrected chi connectivity index (χ4v) is 2.79. The fraction of sp³-hybridized carbons (Fsp3) is 0.333. The van der Waals surface area contributed by atoms with Crippen LogP contribution in [0, 0.1) is 11.3 Å². The van der Waals surface area contributed by atoms with E-state index in [2.05, 4.69) is 45.5 Å². The predicted octanol–water partition coefficient (Wildman–Crippen LogP) is 2.44. The van der Waals surface area contributed by atoms with Gasteiger partial charge in [-0.05, 0) is 17.7 Å². The Morgan fingerprint density at radius 1 is 1.17 bits per heavy atom. The lowest BCUT2D eigenvalue weighted by molar-refractivity contribution is 0.0187. The van der Waals surface area contributed by atoms with E-state index in [-0.39, 0.29) is 6.04 Å². The van der Waals surface area contributed by atoms with Gasteiger partial charge in [-0.3, -0.25) is 4.90 Å². The molecule has 1 aromatic heterocycles. The summed E-state index contributed by atoms with van der Waals surface area (Å²) in [5.74, 6) is 0.790. The molecule has 1 N–H and O–H groups in total. The number of benzene rings is 1. The number of anilines is 1. The van der Waals surface area contributed by atoms with E-state index in [1.54, 1.807) is 12.3 Å². The Kier molecular flexibility index (Phi) is 5.20. The molecule has 5 nitrogen and oxygen atoms in total. The van der Waals surface area contributed by atoms with Gasteiger partial charge in [-0.25, -0.2) is 4.98 Å². The maximum atomic E-state index is 8.84. The number of aromatic nitrogens is 1. The van der Waals surface area contributed by atoms with Crippen LogP contribution in [-0.4, -0.2) is 42.7 Å². The van der Waals surface area contributed by atoms with Gasteiger partial charge in [-0.1, -0.05) is 30.3 Å². The van der Waals surface area contributed by atoms with E-state index < -0.39 is 0 Å². The number of pyridine rings is 1. The van der Waals surface area contributed by atoms with Gasteiger partial charge in [0.2, 0.25) is 0 Å². The Balaban J connectivity index is 1.71. The number of hydrogen-bond acceptors (Lipinski definition) is 5. The van der Waals surface area contributed by atoms with Crippen LogP contribution in [0.5, 0.6) is 0 Å². The smallest absolute Gasteiger partial charge is 0.126 e. The molecule has 1 saturated heterocycles. The highest BCUT2D eigenvalue weighted by Crippen LogP contribution is 2.22. The van der Waals surface area contributed by atoms with Gasteiger partial charge in [-0.15, -0.1) is 0 Å². The largest absolute Gasteiger partial charge is 0.379 e. The van der Waals surface area contributed by atoms with Crippen molar-refractivity contribution < 1.29 is 4.74 Å². The van der Waals surface area contributed by atoms with Gasteiger partial charge in [0, 0.05) is 25.8 Å². The van der Waals surface area contributed by atoms with Crippen LogP contribution in [0.1, 0.15) is 17.2 Å². The van der Waals surface area contributed by atoms with Gasteiger partial charge in [0.25, 0.3) is 0 Å². The lowest BCUT2D eigenvalue weighted by Gasteiger charge is -2.35. The maximum absolute atomic E-state index is 8.84. The zero-order chi connectivity index (χ0) is 15.9. The molecule has 0 aliphatic carbocycles. The van der Waals surface area contributed by atoms with E-state index in [0.717, 1.165) is 38.7 Å². The van der Waals surface area contributed by atoms with Gasteiger partial charge in [0.05, 0.1) is 24.8 Å². The molecule has 0 unspecified atom stereocenters. The zero-order valence-electron chi connectivity index (χ0n) is 13.0. The standard InChI is InChI=1S/C18H20N4O/c19-12-15-6-7-18(20-13-15)21-14-17(16-4-2-1-3-5-16)22-8-10-23-11-9-22/h1-7,13,17H,8-11,14H2,(H,20,21)/t17-/m0/s1. The van der Waals surface area contributed by atoms with Gasteiger partial charge >= 0.3 is 0 Å². The highest BCUT2D eigenvalue weighted by molar-refractivity contribution is 5.39. The van der Waals surface area contributed by atoms with Crippen molar-refractivity contribution in [3.63, 3.8) is 0 Å². The van der Waals surface area contributed by atoms with Crippen molar-refractivity contribution in [3.8, 4) is 6.07 Å². The van der Waals surface area contributed by atoms with E-state index in [4.69, 9.17) is 10.00 Å². The highest BCUT2D eigenvalue weighted by atomic mass is 16.5. The van der Waals surface area contributed by atoms with Crippen molar-refractivity contribution in [1.82, 2.24) is 9.88 Å². The van der Waals surface area contributed by atoms with E-state index in [0.29, 0.717) is 5.56 Å². The second-order valence-corrected chi connectivity index (χ2v) is 5.50. The minimum atomic E-state index is 0.276. The lowest BCUT2D eigenvalue weighted by Crippen LogP contribution is -2.41. The van der Waals surface area contributed by atoms with Gasteiger partial charge in [-0.2, -0.15) is 5.26 Å². The van der Waals surface area contributed by atoms with Crippen molar-refractivity contribution in [2.24, 2.45) is 0 Å². The normalized spacial score (nSPS) is 16.5. The molecule has 2 aromatic rings. The summed E-state index contributed by atoms with van der Waals surface area (Å²) in [6, 6.07) is 16.5. The van der Waals surface area contributed by atoms with E-state index in [9.17, 15) is 0 Å². The summed E-state index contributed by atoms with van der Waals surface area (Å²) in [6.07, 6.45) is 1.59. The van der Waals surface area contributed by atoms with Crippen molar-refractivity contribution in [1.29, 1.82) is 5.26 Å². The molecule has 0 spiro atoms. The molecule has 23 heavy (non-hydrogen) atoms. The molecule has 1 aliphatic rings. The summed E-state index contributed by atoms with van der Waals surface area (Å²) in [6.45, 7) is 4.18. The molecule has 0 saturated carbocycles. The predicted molar refractivity (Wildman–Crippen MR) is 89.0 cm³/mol. The number of morpholine rings is 1. The quantitative estimate of drug-likeness (QED) is 0.919. The monoisotopic (exact) mass is 308 g/mol. The van der Waals surface area contributed by atoms with Crippen LogP contribution >= 0.6 is 0 Å². The van der Waals surface area contributed by atoms with Gasteiger partial charge in [0.15, 0.2) is 0 Å². The van der Waals surface area contributed by atoms with Crippen LogP contribution < -0.4 is 5.32 Å². The van der Waals surface area contributed by atoms with Crippen molar-refractivity contribution in [2.45, 2.75) is 6.04 Å². The molecule has 0 radical (unpaired) electrons. The Bertz CT molecular complexity index is 645. The van der Waals surface area contributed by atoms with Crippen LogP contribution in [-0.2, 0) is 4.74 Å². The van der Waals surface area contributed by atoms with Crippen LogP contribution in [0.2, 0.25) is 0 Å². The summed E-state index contributed by atoms with van der Waals surface area (Å²) in [7, 11) is 0. The molecule has 0 bridgehead atoms. The van der Waals surface area contributed by atoms with Crippen LogP contribution in [0.4, 0.5) is 5.82 Å². The third kappa shape index (κ3) is 4.07. The first-order chi connectivity index (χ1) is 11.4. The molecule has 3 rings (SSSR count). The Hall–Kier alpha value is -2.42. The number of nitrogens with one attached hydrogen (secondary N) is 1. The van der Waals surface area contributed by atoms with Gasteiger partial charge in [0.1, 0.15) is 11.9 Å². The highest BCUT2D eigenvalue weighted by Gasteiger charge is 2.22. The number of hydrogen-bond donors (Lipinski definition) is 1. The van der Waals surface area contributed by atoms with E-state index in [1.807, 2.05) is 12.1 Å². The van der Waals surface area contributed by atoms with Crippen molar-refractivity contribution in [3.05, 3.63) is 59.8 Å². The topological polar surface area (TPSA) is 61.2 Å². The minimum absolute atomic E-state index is 0.276. The first-order valence-corrected chi connectivity index (χ1v) is 7.83. The summed E-state index contributed by atoms with van der Waals surface area (Å²) in [4.78, 5) is 6.72. The van der Waals surface area contributed by atoms with Crippen LogP contribution in [0.15, 0.2) is 48.7 Å². The maximum Gasteiger partial charge on any atom is 0.126 e. The molecular formula is C18H20N4O. The number of rotatable bonds is 5. The second-order valence-electron chi connectivity index (χ2n) is 5.50. The SMILES string of the molecule is N#Cc1ccc(NC[C@@H](c2ccccc2)N2CCOCC2)nc1. The minimum Gasteiger partial charge on any atom is -0.379 e. The number of nitrogens with zero attached hydrogens (tertiary/aromatic N) is 3. The van der Waals surface area contributed by atoms with Crippen molar-refractivity contribution in [2.75, 3.05) is 38.2 Å². The third-order valence-electron chi connectivity index (χ3n) is 4.04. The molecule has 2 heterocycles. The summed E-state index contributed by atoms with van der Waals surface area (Å²) in [5.41, 5.74) is 1.86. The molecule has 0 amide bonds. The molecule has 1 fully saturated rings. The summed E-state index contributed by atoms with van der Waals surface area (Å²) < 4.78 is 5.47. The average molecular weight is 308 g/mol. The first kappa shape index (κ1) is 15.5. The fourth-order valence-electron chi connectivity index (χ4n) is 2.79. The lowest BCUT2D eigenvalue weighted by atomic mass is 10.0. The average Bonchev–Trinajstić information content (AvgIpc) is 2.64. The molecule has 1 atom stereocenters. The Morgan fingerprint density at radius 3 is 2.61 bits per heavy atom. The summed E-state index contributed by atoms with van der Waals surface area (Å²) >= 11 is 0. The zero-order valence-corrected chi connectivity index (χ0v) is 13.0. The Morgan fingerprint density at radius 2 is 1.96 bits per heavy atom. The third-order valence-corrected chi connectivity index (χ3v) is 4.04. The number of nitriles is 1. The first-order valence-electron chi connectivity index (χ1n) is 7.83. The number of ether oxygens (including phenoxy) is 1.